The fraction of sp³-hybridized carbons (Fsp3) is 0.250. The third-order valence-corrected chi connectivity index (χ3v) is 4.08. The maximum atomic E-state index is 10.9. The van der Waals surface area contributed by atoms with Crippen molar-refractivity contribution >= 4 is 17.7 Å². The number of hydrogen-bond donors (Lipinski definition) is 1. The zero-order chi connectivity index (χ0) is 14.5. The first-order valence-electron chi connectivity index (χ1n) is 6.47. The molecule has 20 heavy (non-hydrogen) atoms. The van der Waals surface area contributed by atoms with Crippen LogP contribution >= 0.6 is 11.8 Å². The quantitative estimate of drug-likeness (QED) is 0.837. The van der Waals surface area contributed by atoms with E-state index in [-0.39, 0.29) is 5.69 Å². The van der Waals surface area contributed by atoms with Gasteiger partial charge in [-0.05, 0) is 41.3 Å². The van der Waals surface area contributed by atoms with Gasteiger partial charge in [0.25, 0.3) is 0 Å². The SMILES string of the molecule is CC(C)c1ccc(SCc2ccnc(C(=O)O)c2)cc1. The molecule has 104 valence electrons. The van der Waals surface area contributed by atoms with Crippen LogP contribution in [-0.4, -0.2) is 16.1 Å². The highest BCUT2D eigenvalue weighted by Gasteiger charge is 2.05. The van der Waals surface area contributed by atoms with Gasteiger partial charge in [-0.1, -0.05) is 26.0 Å². The Hall–Kier alpha value is -1.81. The van der Waals surface area contributed by atoms with Crippen molar-refractivity contribution in [3.63, 3.8) is 0 Å². The fourth-order valence-electron chi connectivity index (χ4n) is 1.80. The molecule has 0 saturated carbocycles. The fourth-order valence-corrected chi connectivity index (χ4v) is 2.64. The number of carboxylic acids is 1. The van der Waals surface area contributed by atoms with E-state index in [1.165, 1.54) is 10.5 Å². The minimum atomic E-state index is -0.988. The third-order valence-electron chi connectivity index (χ3n) is 3.00. The number of pyridine rings is 1. The predicted molar refractivity (Wildman–Crippen MR) is 81.3 cm³/mol. The largest absolute Gasteiger partial charge is 0.477 e. The number of carbonyl (C=O) groups is 1. The molecule has 0 aliphatic rings. The number of benzene rings is 1. The Morgan fingerprint density at radius 2 is 1.95 bits per heavy atom. The molecular weight excluding hydrogens is 270 g/mol. The van der Waals surface area contributed by atoms with Gasteiger partial charge in [0.2, 0.25) is 0 Å². The molecule has 0 fully saturated rings. The van der Waals surface area contributed by atoms with Crippen molar-refractivity contribution in [3.05, 3.63) is 59.4 Å². The maximum Gasteiger partial charge on any atom is 0.354 e. The minimum absolute atomic E-state index is 0.0956. The van der Waals surface area contributed by atoms with Gasteiger partial charge in [0, 0.05) is 16.8 Å². The first-order chi connectivity index (χ1) is 9.56. The van der Waals surface area contributed by atoms with Crippen LogP contribution in [-0.2, 0) is 5.75 Å². The van der Waals surface area contributed by atoms with Crippen LogP contribution in [0.2, 0.25) is 0 Å². The van der Waals surface area contributed by atoms with Crippen LogP contribution in [0.5, 0.6) is 0 Å². The van der Waals surface area contributed by atoms with Crippen LogP contribution in [0.4, 0.5) is 0 Å². The average molecular weight is 287 g/mol. The molecule has 4 heteroatoms. The van der Waals surface area contributed by atoms with E-state index in [0.717, 1.165) is 11.3 Å². The van der Waals surface area contributed by atoms with Gasteiger partial charge >= 0.3 is 5.97 Å². The lowest BCUT2D eigenvalue weighted by molar-refractivity contribution is 0.0690. The summed E-state index contributed by atoms with van der Waals surface area (Å²) < 4.78 is 0. The molecule has 1 heterocycles. The highest BCUT2D eigenvalue weighted by Crippen LogP contribution is 2.25. The van der Waals surface area contributed by atoms with Crippen LogP contribution in [0.15, 0.2) is 47.5 Å². The molecule has 0 unspecified atom stereocenters. The summed E-state index contributed by atoms with van der Waals surface area (Å²) in [5, 5.41) is 8.91. The lowest BCUT2D eigenvalue weighted by Gasteiger charge is -2.07. The summed E-state index contributed by atoms with van der Waals surface area (Å²) in [5.74, 6) is 0.287. The minimum Gasteiger partial charge on any atom is -0.477 e. The van der Waals surface area contributed by atoms with Gasteiger partial charge in [0.1, 0.15) is 5.69 Å². The summed E-state index contributed by atoms with van der Waals surface area (Å²) in [6.45, 7) is 4.35. The molecule has 0 radical (unpaired) electrons. The van der Waals surface area contributed by atoms with Crippen molar-refractivity contribution in [2.75, 3.05) is 0 Å². The molecule has 1 N–H and O–H groups in total. The van der Waals surface area contributed by atoms with Crippen LogP contribution < -0.4 is 0 Å². The second-order valence-corrected chi connectivity index (χ2v) is 5.92. The molecule has 1 aromatic heterocycles. The number of aromatic carboxylic acids is 1. The van der Waals surface area contributed by atoms with E-state index in [4.69, 9.17) is 5.11 Å². The third kappa shape index (κ3) is 3.84. The van der Waals surface area contributed by atoms with Crippen molar-refractivity contribution in [2.24, 2.45) is 0 Å². The van der Waals surface area contributed by atoms with E-state index in [9.17, 15) is 4.79 Å². The molecule has 0 aliphatic heterocycles. The zero-order valence-electron chi connectivity index (χ0n) is 11.5. The summed E-state index contributed by atoms with van der Waals surface area (Å²) in [7, 11) is 0. The Morgan fingerprint density at radius 3 is 2.55 bits per heavy atom. The van der Waals surface area contributed by atoms with Gasteiger partial charge in [0.15, 0.2) is 0 Å². The van der Waals surface area contributed by atoms with Gasteiger partial charge in [0.05, 0.1) is 0 Å². The van der Waals surface area contributed by atoms with E-state index < -0.39 is 5.97 Å². The van der Waals surface area contributed by atoms with E-state index in [1.54, 1.807) is 24.0 Å². The van der Waals surface area contributed by atoms with Gasteiger partial charge in [-0.25, -0.2) is 9.78 Å². The highest BCUT2D eigenvalue weighted by molar-refractivity contribution is 7.98. The lowest BCUT2D eigenvalue weighted by Crippen LogP contribution is -2.00. The average Bonchev–Trinajstić information content (AvgIpc) is 2.46. The second kappa shape index (κ2) is 6.57. The van der Waals surface area contributed by atoms with Crippen molar-refractivity contribution in [3.8, 4) is 0 Å². The van der Waals surface area contributed by atoms with E-state index in [2.05, 4.69) is 43.1 Å². The molecule has 0 bridgehead atoms. The topological polar surface area (TPSA) is 50.2 Å². The Labute approximate surface area is 123 Å². The van der Waals surface area contributed by atoms with Crippen molar-refractivity contribution in [1.82, 2.24) is 4.98 Å². The molecular formula is C16H17NO2S. The van der Waals surface area contributed by atoms with Gasteiger partial charge < -0.3 is 5.11 Å². The molecule has 1 aromatic carbocycles. The van der Waals surface area contributed by atoms with Crippen LogP contribution in [0, 0.1) is 0 Å². The van der Waals surface area contributed by atoms with Crippen molar-refractivity contribution in [2.45, 2.75) is 30.4 Å². The zero-order valence-corrected chi connectivity index (χ0v) is 12.4. The number of aromatic nitrogens is 1. The number of rotatable bonds is 5. The van der Waals surface area contributed by atoms with E-state index >= 15 is 0 Å². The molecule has 2 aromatic rings. The normalized spacial score (nSPS) is 10.8. The molecule has 0 amide bonds. The van der Waals surface area contributed by atoms with E-state index in [1.807, 2.05) is 6.07 Å². The Bertz CT molecular complexity index is 594. The maximum absolute atomic E-state index is 10.9. The van der Waals surface area contributed by atoms with Gasteiger partial charge in [-0.15, -0.1) is 11.8 Å². The summed E-state index contributed by atoms with van der Waals surface area (Å²) in [5.41, 5.74) is 2.39. The predicted octanol–water partition coefficient (Wildman–Crippen LogP) is 4.20. The standard InChI is InChI=1S/C16H17NO2S/c1-11(2)13-3-5-14(6-4-13)20-10-12-7-8-17-15(9-12)16(18)19/h3-9,11H,10H2,1-2H3,(H,18,19). The Morgan fingerprint density at radius 1 is 1.25 bits per heavy atom. The van der Waals surface area contributed by atoms with Crippen molar-refractivity contribution in [1.29, 1.82) is 0 Å². The number of hydrogen-bond acceptors (Lipinski definition) is 3. The molecule has 0 atom stereocenters. The van der Waals surface area contributed by atoms with Crippen molar-refractivity contribution < 1.29 is 9.90 Å². The smallest absolute Gasteiger partial charge is 0.354 e. The monoisotopic (exact) mass is 287 g/mol. The van der Waals surface area contributed by atoms with Crippen LogP contribution in [0.3, 0.4) is 0 Å². The number of nitrogens with zero attached hydrogens (tertiary/aromatic N) is 1. The highest BCUT2D eigenvalue weighted by atomic mass is 32.2. The van der Waals surface area contributed by atoms with Crippen LogP contribution in [0.25, 0.3) is 0 Å². The molecule has 2 rings (SSSR count). The number of carboxylic acid groups (broad SMARTS) is 1. The summed E-state index contributed by atoms with van der Waals surface area (Å²) in [6, 6.07) is 12.0. The summed E-state index contributed by atoms with van der Waals surface area (Å²) in [4.78, 5) is 15.9. The molecule has 0 spiro atoms. The Kier molecular flexibility index (Phi) is 4.79. The second-order valence-electron chi connectivity index (χ2n) is 4.87. The summed E-state index contributed by atoms with van der Waals surface area (Å²) in [6.07, 6.45) is 1.54. The van der Waals surface area contributed by atoms with Crippen LogP contribution in [0.1, 0.15) is 41.4 Å². The Balaban J connectivity index is 2.01. The molecule has 0 saturated heterocycles. The lowest BCUT2D eigenvalue weighted by atomic mass is 10.0. The summed E-state index contributed by atoms with van der Waals surface area (Å²) >= 11 is 1.69. The molecule has 0 aliphatic carbocycles. The number of thioether (sulfide) groups is 1. The first kappa shape index (κ1) is 14.6. The van der Waals surface area contributed by atoms with Gasteiger partial charge in [-0.3, -0.25) is 0 Å². The van der Waals surface area contributed by atoms with Gasteiger partial charge in [-0.2, -0.15) is 0 Å². The van der Waals surface area contributed by atoms with E-state index in [0.29, 0.717) is 5.92 Å². The molecule has 3 nitrogen and oxygen atoms in total. The first-order valence-corrected chi connectivity index (χ1v) is 7.46.